The zero-order valence-corrected chi connectivity index (χ0v) is 33.1. The van der Waals surface area contributed by atoms with E-state index in [1.165, 1.54) is 30.3 Å². The van der Waals surface area contributed by atoms with Gasteiger partial charge in [0.1, 0.15) is 6.21 Å². The Hall–Kier alpha value is -2.50. The molecule has 11 heteroatoms. The maximum atomic E-state index is 11.9. The number of piperidine rings is 1. The van der Waals surface area contributed by atoms with E-state index >= 15 is 0 Å². The van der Waals surface area contributed by atoms with E-state index in [9.17, 15) is 18.0 Å². The quantitative estimate of drug-likeness (QED) is 0.0912. The topological polar surface area (TPSA) is 66.8 Å². The molecule has 0 aliphatic carbocycles. The number of rotatable bonds is 13. The van der Waals surface area contributed by atoms with Crippen molar-refractivity contribution < 1.29 is 18.0 Å². The van der Waals surface area contributed by atoms with E-state index < -0.39 is 6.18 Å². The van der Waals surface area contributed by atoms with Gasteiger partial charge in [0, 0.05) is 63.8 Å². The Morgan fingerprint density at radius 2 is 1.58 bits per heavy atom. The number of ketones is 1. The molecule has 2 fully saturated rings. The van der Waals surface area contributed by atoms with Gasteiger partial charge in [0.15, 0.2) is 5.78 Å². The fourth-order valence-corrected chi connectivity index (χ4v) is 4.35. The molecule has 0 aromatic rings. The van der Waals surface area contributed by atoms with Crippen LogP contribution in [0.3, 0.4) is 0 Å². The fourth-order valence-electron chi connectivity index (χ4n) is 4.35. The molecule has 0 radical (unpaired) electrons. The Morgan fingerprint density at radius 3 is 1.92 bits per heavy atom. The molecule has 0 unspecified atom stereocenters. The Balaban J connectivity index is -0.000000286. The molecule has 2 saturated heterocycles. The second-order valence-electron chi connectivity index (χ2n) is 12.1. The van der Waals surface area contributed by atoms with Crippen LogP contribution in [0.2, 0.25) is 0 Å². The first-order chi connectivity index (χ1) is 22.4. The molecule has 2 aliphatic heterocycles. The number of likely N-dealkylation sites (tertiary alicyclic amines) is 2. The Labute approximate surface area is 294 Å². The normalized spacial score (nSPS) is 15.5. The minimum Gasteiger partial charge on any atom is -0.370 e. The van der Waals surface area contributed by atoms with Crippen molar-refractivity contribution in [3.05, 3.63) is 37.1 Å². The third-order valence-corrected chi connectivity index (χ3v) is 6.93. The number of hydrazone groups is 1. The lowest BCUT2D eigenvalue weighted by Gasteiger charge is -2.51. The Bertz CT molecular complexity index is 877. The third-order valence-electron chi connectivity index (χ3n) is 6.93. The van der Waals surface area contributed by atoms with Crippen molar-refractivity contribution in [2.45, 2.75) is 107 Å². The van der Waals surface area contributed by atoms with E-state index in [4.69, 9.17) is 0 Å². The van der Waals surface area contributed by atoms with Crippen LogP contribution >= 0.6 is 0 Å². The molecular weight excluding hydrogens is 615 g/mol. The number of alkyl halides is 3. The molecule has 0 spiro atoms. The predicted octanol–water partition coefficient (Wildman–Crippen LogP) is 8.15. The van der Waals surface area contributed by atoms with E-state index in [0.29, 0.717) is 18.0 Å². The molecular formula is C37H74F3N7O. The highest BCUT2D eigenvalue weighted by atomic mass is 19.4. The van der Waals surface area contributed by atoms with Crippen LogP contribution < -0.4 is 5.32 Å². The molecule has 2 aliphatic rings. The van der Waals surface area contributed by atoms with Crippen LogP contribution in [0.25, 0.3) is 0 Å². The van der Waals surface area contributed by atoms with Gasteiger partial charge in [-0.3, -0.25) is 19.6 Å². The highest BCUT2D eigenvalue weighted by Gasteiger charge is 2.35. The van der Waals surface area contributed by atoms with Crippen LogP contribution in [0.15, 0.2) is 47.2 Å². The molecule has 0 saturated carbocycles. The first kappa shape index (κ1) is 52.3. The van der Waals surface area contributed by atoms with Crippen LogP contribution in [-0.4, -0.2) is 123 Å². The number of carbonyl (C=O) groups excluding carboxylic acids is 1. The highest BCUT2D eigenvalue weighted by molar-refractivity contribution is 5.90. The minimum absolute atomic E-state index is 0.0723. The summed E-state index contributed by atoms with van der Waals surface area (Å²) in [7, 11) is 5.74. The van der Waals surface area contributed by atoms with Crippen LogP contribution in [0.5, 0.6) is 0 Å². The zero-order chi connectivity index (χ0) is 38.3. The molecule has 0 atom stereocenters. The van der Waals surface area contributed by atoms with Crippen molar-refractivity contribution in [2.24, 2.45) is 16.0 Å². The molecule has 0 aromatic heterocycles. The SMILES string of the molecule is C/C=N\N(C)CC1CCN(C/N=C/C(F)(F)F)CC1.C=C(C)C.C=C(CC)N1CCC1(C)C.C=CC(=O)CN(C)CCNC.CC.CC. The van der Waals surface area contributed by atoms with E-state index in [-0.39, 0.29) is 18.7 Å². The van der Waals surface area contributed by atoms with Crippen LogP contribution in [0.1, 0.15) is 94.9 Å². The number of halogens is 3. The van der Waals surface area contributed by atoms with Crippen molar-refractivity contribution in [1.29, 1.82) is 0 Å². The maximum absolute atomic E-state index is 11.9. The molecule has 284 valence electrons. The first-order valence-corrected chi connectivity index (χ1v) is 17.5. The van der Waals surface area contributed by atoms with Crippen molar-refractivity contribution in [3.8, 4) is 0 Å². The standard InChI is InChI=1S/C12H21F3N4.C9H17N.C8H16N2O.C4H8.2C2H6/c1-3-17-18(2)8-11-4-6-19(7-5-11)10-16-9-12(13,14)15;1-5-8(2)10-7-6-9(10,3)4;1-4-8(11)7-10(3)6-5-9-2;1-4(2)3;2*1-2/h3,9,11H,4-8,10H2,1-2H3;2,5-7H2,1,3-4H3;4,9H,1,5-7H2,2-3H3;1H2,2-3H3;2*1-2H3/b16-9+,17-3-;;;;;. The highest BCUT2D eigenvalue weighted by Crippen LogP contribution is 2.33. The van der Waals surface area contributed by atoms with Gasteiger partial charge in [-0.2, -0.15) is 18.3 Å². The van der Waals surface area contributed by atoms with E-state index in [1.54, 1.807) is 6.21 Å². The summed E-state index contributed by atoms with van der Waals surface area (Å²) in [6.07, 6.45) is 3.23. The number of hydrogen-bond donors (Lipinski definition) is 1. The zero-order valence-electron chi connectivity index (χ0n) is 33.1. The van der Waals surface area contributed by atoms with Gasteiger partial charge in [-0.15, -0.1) is 6.58 Å². The number of allylic oxidation sites excluding steroid dienone is 2. The summed E-state index contributed by atoms with van der Waals surface area (Å²) >= 11 is 0. The molecule has 8 nitrogen and oxygen atoms in total. The lowest BCUT2D eigenvalue weighted by molar-refractivity contribution is -0.115. The van der Waals surface area contributed by atoms with Crippen molar-refractivity contribution >= 4 is 18.2 Å². The van der Waals surface area contributed by atoms with Gasteiger partial charge in [-0.25, -0.2) is 0 Å². The minimum atomic E-state index is -4.31. The third kappa shape index (κ3) is 32.1. The summed E-state index contributed by atoms with van der Waals surface area (Å²) in [5.74, 6) is 0.625. The molecule has 0 bridgehead atoms. The molecule has 1 N–H and O–H groups in total. The van der Waals surface area contributed by atoms with Gasteiger partial charge in [0.2, 0.25) is 0 Å². The largest absolute Gasteiger partial charge is 0.426 e. The summed E-state index contributed by atoms with van der Waals surface area (Å²) in [5.41, 5.74) is 2.85. The van der Waals surface area contributed by atoms with Gasteiger partial charge in [0.05, 0.1) is 13.2 Å². The van der Waals surface area contributed by atoms with Crippen molar-refractivity contribution in [3.63, 3.8) is 0 Å². The first-order valence-electron chi connectivity index (χ1n) is 17.5. The number of carbonyl (C=O) groups is 1. The summed E-state index contributed by atoms with van der Waals surface area (Å²) in [5, 5.41) is 9.08. The predicted molar refractivity (Wildman–Crippen MR) is 205 cm³/mol. The van der Waals surface area contributed by atoms with Gasteiger partial charge in [-0.05, 0) is 86.4 Å². The number of likely N-dealkylation sites (N-methyl/N-ethyl adjacent to an activating group) is 2. The number of nitrogens with one attached hydrogen (secondary N) is 1. The second-order valence-corrected chi connectivity index (χ2v) is 12.1. The summed E-state index contributed by atoms with van der Waals surface area (Å²) in [4.78, 5) is 20.5. The molecule has 2 rings (SSSR count). The van der Waals surface area contributed by atoms with E-state index in [2.05, 4.69) is 60.8 Å². The van der Waals surface area contributed by atoms with Crippen LogP contribution in [-0.2, 0) is 4.79 Å². The maximum Gasteiger partial charge on any atom is 0.426 e. The van der Waals surface area contributed by atoms with Crippen molar-refractivity contribution in [2.75, 3.05) is 73.6 Å². The van der Waals surface area contributed by atoms with Crippen LogP contribution in [0, 0.1) is 5.92 Å². The van der Waals surface area contributed by atoms with Gasteiger partial charge < -0.3 is 15.2 Å². The molecule has 0 amide bonds. The molecule has 0 aromatic carbocycles. The number of nitrogens with zero attached hydrogens (tertiary/aromatic N) is 6. The van der Waals surface area contributed by atoms with Crippen molar-refractivity contribution in [1.82, 2.24) is 25.0 Å². The number of aliphatic imine (C=N–C) groups is 1. The van der Waals surface area contributed by atoms with E-state index in [0.717, 1.165) is 52.0 Å². The average Bonchev–Trinajstić information content (AvgIpc) is 3.02. The summed E-state index contributed by atoms with van der Waals surface area (Å²) in [6, 6.07) is 0. The molecule has 48 heavy (non-hydrogen) atoms. The Morgan fingerprint density at radius 1 is 1.06 bits per heavy atom. The van der Waals surface area contributed by atoms with Gasteiger partial charge >= 0.3 is 6.18 Å². The lowest BCUT2D eigenvalue weighted by atomic mass is 9.88. The second kappa shape index (κ2) is 31.7. The summed E-state index contributed by atoms with van der Waals surface area (Å²) in [6.45, 7) is 37.6. The monoisotopic (exact) mass is 690 g/mol. The van der Waals surface area contributed by atoms with Gasteiger partial charge in [-0.1, -0.05) is 53.3 Å². The smallest absolute Gasteiger partial charge is 0.370 e. The van der Waals surface area contributed by atoms with Gasteiger partial charge in [0.25, 0.3) is 0 Å². The summed E-state index contributed by atoms with van der Waals surface area (Å²) < 4.78 is 35.7. The lowest BCUT2D eigenvalue weighted by Crippen LogP contribution is -2.54. The fraction of sp³-hybridized carbons (Fsp3) is 0.757. The van der Waals surface area contributed by atoms with Crippen LogP contribution in [0.4, 0.5) is 13.2 Å². The van der Waals surface area contributed by atoms with E-state index in [1.807, 2.05) is 84.4 Å². The Kier molecular flexibility index (Phi) is 34.6. The average molecular weight is 690 g/mol. The number of hydrogen-bond acceptors (Lipinski definition) is 8. The molecule has 2 heterocycles.